The van der Waals surface area contributed by atoms with Gasteiger partial charge in [0, 0.05) is 18.9 Å². The third kappa shape index (κ3) is 4.53. The second kappa shape index (κ2) is 6.92. The van der Waals surface area contributed by atoms with Crippen molar-refractivity contribution < 1.29 is 10.3 Å². The summed E-state index contributed by atoms with van der Waals surface area (Å²) in [6.07, 6.45) is 5.45. The summed E-state index contributed by atoms with van der Waals surface area (Å²) in [6, 6.07) is 3.64. The summed E-state index contributed by atoms with van der Waals surface area (Å²) in [5.41, 5.74) is 2.64. The molecule has 82 valence electrons. The molecule has 5 heteroatoms. The summed E-state index contributed by atoms with van der Waals surface area (Å²) < 4.78 is 0. The highest BCUT2D eigenvalue weighted by molar-refractivity contribution is 5.52. The number of hydrogen-bond donors (Lipinski definition) is 3. The first kappa shape index (κ1) is 11.6. The summed E-state index contributed by atoms with van der Waals surface area (Å²) in [6.45, 7) is 0.574. The molecule has 5 nitrogen and oxygen atoms in total. The number of nitrogens with zero attached hydrogens (tertiary/aromatic N) is 2. The van der Waals surface area contributed by atoms with E-state index in [2.05, 4.69) is 9.98 Å². The van der Waals surface area contributed by atoms with Crippen molar-refractivity contribution in [3.05, 3.63) is 30.1 Å². The maximum Gasteiger partial charge on any atom is 0.107 e. The molecule has 0 aliphatic heterocycles. The zero-order valence-electron chi connectivity index (χ0n) is 8.37. The molecule has 3 N–H and O–H groups in total. The van der Waals surface area contributed by atoms with Crippen LogP contribution in [0.15, 0.2) is 29.5 Å². The summed E-state index contributed by atoms with van der Waals surface area (Å²) in [5, 5.41) is 17.9. The Labute approximate surface area is 88.5 Å². The van der Waals surface area contributed by atoms with E-state index < -0.39 is 6.10 Å². The first-order chi connectivity index (χ1) is 7.34. The van der Waals surface area contributed by atoms with Crippen LogP contribution >= 0.6 is 0 Å². The first-order valence-electron chi connectivity index (χ1n) is 4.80. The average Bonchev–Trinajstić information content (AvgIpc) is 2.30. The number of aromatic nitrogens is 1. The Balaban J connectivity index is 2.25. The van der Waals surface area contributed by atoms with Crippen molar-refractivity contribution in [2.24, 2.45) is 4.99 Å². The van der Waals surface area contributed by atoms with Gasteiger partial charge in [-0.05, 0) is 24.5 Å². The molecular weight excluding hydrogens is 194 g/mol. The number of hydroxylamine groups is 1. The monoisotopic (exact) mass is 209 g/mol. The van der Waals surface area contributed by atoms with E-state index in [1.807, 2.05) is 11.5 Å². The van der Waals surface area contributed by atoms with E-state index in [4.69, 9.17) is 5.21 Å². The molecule has 0 aromatic carbocycles. The SMILES string of the molecule is ONC=NCCCC(O)c1cccnc1. The lowest BCUT2D eigenvalue weighted by Gasteiger charge is -2.08. The van der Waals surface area contributed by atoms with Gasteiger partial charge in [-0.15, -0.1) is 0 Å². The number of pyridine rings is 1. The van der Waals surface area contributed by atoms with Crippen molar-refractivity contribution in [1.82, 2.24) is 10.5 Å². The van der Waals surface area contributed by atoms with E-state index in [1.165, 1.54) is 6.34 Å². The van der Waals surface area contributed by atoms with Gasteiger partial charge < -0.3 is 5.11 Å². The molecule has 0 amide bonds. The smallest absolute Gasteiger partial charge is 0.107 e. The van der Waals surface area contributed by atoms with Gasteiger partial charge in [0.15, 0.2) is 0 Å². The second-order valence-corrected chi connectivity index (χ2v) is 3.11. The highest BCUT2D eigenvalue weighted by Gasteiger charge is 2.05. The minimum atomic E-state index is -0.490. The van der Waals surface area contributed by atoms with Gasteiger partial charge in [-0.1, -0.05) is 6.07 Å². The highest BCUT2D eigenvalue weighted by Crippen LogP contribution is 2.16. The molecule has 1 heterocycles. The predicted octanol–water partition coefficient (Wildman–Crippen LogP) is 0.902. The molecular formula is C10H15N3O2. The maximum atomic E-state index is 9.72. The summed E-state index contributed by atoms with van der Waals surface area (Å²) in [5.74, 6) is 0. The number of aliphatic imine (C=N–C) groups is 1. The van der Waals surface area contributed by atoms with Crippen LogP contribution in [0.3, 0.4) is 0 Å². The molecule has 0 saturated heterocycles. The van der Waals surface area contributed by atoms with Crippen LogP contribution in [0.2, 0.25) is 0 Å². The van der Waals surface area contributed by atoms with Gasteiger partial charge in [0.25, 0.3) is 0 Å². The fourth-order valence-electron chi connectivity index (χ4n) is 1.22. The van der Waals surface area contributed by atoms with E-state index >= 15 is 0 Å². The Bertz CT molecular complexity index is 290. The van der Waals surface area contributed by atoms with Gasteiger partial charge in [-0.3, -0.25) is 20.7 Å². The summed E-state index contributed by atoms with van der Waals surface area (Å²) >= 11 is 0. The molecule has 1 atom stereocenters. The molecule has 1 aromatic heterocycles. The predicted molar refractivity (Wildman–Crippen MR) is 56.7 cm³/mol. The lowest BCUT2D eigenvalue weighted by atomic mass is 10.1. The molecule has 0 aliphatic rings. The van der Waals surface area contributed by atoms with Crippen LogP contribution in [0.1, 0.15) is 24.5 Å². The fraction of sp³-hybridized carbons (Fsp3) is 0.400. The summed E-state index contributed by atoms with van der Waals surface area (Å²) in [4.78, 5) is 7.77. The van der Waals surface area contributed by atoms with E-state index in [0.717, 1.165) is 12.0 Å². The molecule has 0 fully saturated rings. The van der Waals surface area contributed by atoms with Crippen LogP contribution in [0, 0.1) is 0 Å². The van der Waals surface area contributed by atoms with Gasteiger partial charge in [-0.25, -0.2) is 0 Å². The Morgan fingerprint density at radius 1 is 1.60 bits per heavy atom. The molecule has 0 radical (unpaired) electrons. The first-order valence-corrected chi connectivity index (χ1v) is 4.80. The normalized spacial score (nSPS) is 12.9. The third-order valence-corrected chi connectivity index (χ3v) is 1.98. The van der Waals surface area contributed by atoms with Gasteiger partial charge in [-0.2, -0.15) is 0 Å². The number of aliphatic hydroxyl groups excluding tert-OH is 1. The standard InChI is InChI=1S/C10H15N3O2/c14-10(4-2-6-12-8-13-15)9-3-1-5-11-7-9/h1,3,5,7-8,10,14-15H,2,4,6H2,(H,12,13). The van der Waals surface area contributed by atoms with Gasteiger partial charge in [0.2, 0.25) is 0 Å². The van der Waals surface area contributed by atoms with Gasteiger partial charge >= 0.3 is 0 Å². The summed E-state index contributed by atoms with van der Waals surface area (Å²) in [7, 11) is 0. The molecule has 1 rings (SSSR count). The molecule has 0 spiro atoms. The topological polar surface area (TPSA) is 77.7 Å². The molecule has 0 aliphatic carbocycles. The fourth-order valence-corrected chi connectivity index (χ4v) is 1.22. The van der Waals surface area contributed by atoms with E-state index in [-0.39, 0.29) is 0 Å². The molecule has 1 unspecified atom stereocenters. The number of rotatable bonds is 6. The number of hydrogen-bond acceptors (Lipinski definition) is 4. The quantitative estimate of drug-likeness (QED) is 0.281. The van der Waals surface area contributed by atoms with Crippen LogP contribution in [-0.4, -0.2) is 28.2 Å². The van der Waals surface area contributed by atoms with Gasteiger partial charge in [0.1, 0.15) is 6.34 Å². The van der Waals surface area contributed by atoms with Crippen LogP contribution in [-0.2, 0) is 0 Å². The van der Waals surface area contributed by atoms with Crippen molar-refractivity contribution in [2.75, 3.05) is 6.54 Å². The van der Waals surface area contributed by atoms with Crippen molar-refractivity contribution in [3.63, 3.8) is 0 Å². The van der Waals surface area contributed by atoms with Crippen molar-refractivity contribution in [2.45, 2.75) is 18.9 Å². The zero-order valence-corrected chi connectivity index (χ0v) is 8.37. The van der Waals surface area contributed by atoms with Crippen LogP contribution in [0.4, 0.5) is 0 Å². The second-order valence-electron chi connectivity index (χ2n) is 3.11. The van der Waals surface area contributed by atoms with Crippen LogP contribution < -0.4 is 5.48 Å². The lowest BCUT2D eigenvalue weighted by Crippen LogP contribution is -2.03. The van der Waals surface area contributed by atoms with Gasteiger partial charge in [0.05, 0.1) is 6.10 Å². The largest absolute Gasteiger partial charge is 0.388 e. The Morgan fingerprint density at radius 3 is 3.13 bits per heavy atom. The highest BCUT2D eigenvalue weighted by atomic mass is 16.5. The lowest BCUT2D eigenvalue weighted by molar-refractivity contribution is 0.165. The minimum Gasteiger partial charge on any atom is -0.388 e. The van der Waals surface area contributed by atoms with Crippen molar-refractivity contribution in [3.8, 4) is 0 Å². The maximum absolute atomic E-state index is 9.72. The Morgan fingerprint density at radius 2 is 2.47 bits per heavy atom. The van der Waals surface area contributed by atoms with E-state index in [9.17, 15) is 5.11 Å². The average molecular weight is 209 g/mol. The van der Waals surface area contributed by atoms with Crippen molar-refractivity contribution in [1.29, 1.82) is 0 Å². The van der Waals surface area contributed by atoms with Crippen LogP contribution in [0.5, 0.6) is 0 Å². The number of nitrogens with one attached hydrogen (secondary N) is 1. The van der Waals surface area contributed by atoms with Crippen molar-refractivity contribution >= 4 is 6.34 Å². The molecule has 0 saturated carbocycles. The number of aliphatic hydroxyl groups is 1. The van der Waals surface area contributed by atoms with E-state index in [1.54, 1.807) is 18.5 Å². The minimum absolute atomic E-state index is 0.490. The molecule has 15 heavy (non-hydrogen) atoms. The zero-order chi connectivity index (χ0) is 10.9. The Hall–Kier alpha value is -1.46. The van der Waals surface area contributed by atoms with Crippen LogP contribution in [0.25, 0.3) is 0 Å². The molecule has 0 bridgehead atoms. The Kier molecular flexibility index (Phi) is 5.35. The molecule has 1 aromatic rings. The van der Waals surface area contributed by atoms with E-state index in [0.29, 0.717) is 13.0 Å². The third-order valence-electron chi connectivity index (χ3n) is 1.98.